The van der Waals surface area contributed by atoms with Crippen molar-refractivity contribution in [1.29, 1.82) is 0 Å². The average molecular weight is 236 g/mol. The molecule has 96 valence electrons. The lowest BCUT2D eigenvalue weighted by atomic mass is 9.84. The third-order valence-electron chi connectivity index (χ3n) is 2.58. The molecule has 0 spiro atoms. The molecule has 0 amide bonds. The minimum atomic E-state index is 0.252. The van der Waals surface area contributed by atoms with Gasteiger partial charge in [0.1, 0.15) is 5.82 Å². The molecule has 0 saturated heterocycles. The summed E-state index contributed by atoms with van der Waals surface area (Å²) in [4.78, 5) is 8.23. The van der Waals surface area contributed by atoms with Crippen LogP contribution < -0.4 is 11.1 Å². The second kappa shape index (κ2) is 5.34. The van der Waals surface area contributed by atoms with Crippen molar-refractivity contribution in [3.05, 3.63) is 11.8 Å². The van der Waals surface area contributed by atoms with Gasteiger partial charge in [-0.25, -0.2) is 4.98 Å². The van der Waals surface area contributed by atoms with Crippen molar-refractivity contribution in [2.75, 3.05) is 17.6 Å². The third kappa shape index (κ3) is 5.02. The van der Waals surface area contributed by atoms with Gasteiger partial charge in [-0.15, -0.1) is 0 Å². The van der Waals surface area contributed by atoms with Crippen LogP contribution in [0.1, 0.15) is 39.8 Å². The zero-order chi connectivity index (χ0) is 13.1. The first kappa shape index (κ1) is 13.7. The number of nitrogens with two attached hydrogens (primary N) is 1. The Morgan fingerprint density at radius 2 is 2.00 bits per heavy atom. The summed E-state index contributed by atoms with van der Waals surface area (Å²) in [5.74, 6) is 1.84. The van der Waals surface area contributed by atoms with Crippen molar-refractivity contribution in [2.24, 2.45) is 11.3 Å². The van der Waals surface area contributed by atoms with Gasteiger partial charge in [-0.3, -0.25) is 0 Å². The standard InChI is InChI=1S/C13H24N4/c1-9(2)7-13(4,5)8-15-11-6-10(3)16-12(14)17-11/h6,9H,7-8H2,1-5H3,(H3,14,15,16,17). The molecule has 0 atom stereocenters. The van der Waals surface area contributed by atoms with Crippen LogP contribution in [0.15, 0.2) is 6.07 Å². The van der Waals surface area contributed by atoms with Gasteiger partial charge in [-0.2, -0.15) is 4.98 Å². The second-order valence-corrected chi connectivity index (χ2v) is 5.87. The van der Waals surface area contributed by atoms with Crippen molar-refractivity contribution in [1.82, 2.24) is 9.97 Å². The molecular formula is C13H24N4. The van der Waals surface area contributed by atoms with E-state index in [0.29, 0.717) is 11.9 Å². The van der Waals surface area contributed by atoms with Gasteiger partial charge >= 0.3 is 0 Å². The smallest absolute Gasteiger partial charge is 0.222 e. The molecule has 0 unspecified atom stereocenters. The monoisotopic (exact) mass is 236 g/mol. The fourth-order valence-corrected chi connectivity index (χ4v) is 2.19. The summed E-state index contributed by atoms with van der Waals surface area (Å²) < 4.78 is 0. The summed E-state index contributed by atoms with van der Waals surface area (Å²) >= 11 is 0. The van der Waals surface area contributed by atoms with E-state index >= 15 is 0 Å². The lowest BCUT2D eigenvalue weighted by Crippen LogP contribution is -2.25. The molecule has 0 aromatic carbocycles. The van der Waals surface area contributed by atoms with Crippen LogP contribution >= 0.6 is 0 Å². The summed E-state index contributed by atoms with van der Waals surface area (Å²) in [5.41, 5.74) is 6.76. The molecule has 0 aliphatic heterocycles. The van der Waals surface area contributed by atoms with E-state index in [-0.39, 0.29) is 5.41 Å². The van der Waals surface area contributed by atoms with Gasteiger partial charge in [-0.1, -0.05) is 27.7 Å². The number of anilines is 2. The summed E-state index contributed by atoms with van der Waals surface area (Å²) in [6.07, 6.45) is 1.18. The van der Waals surface area contributed by atoms with Crippen molar-refractivity contribution in [3.8, 4) is 0 Å². The molecule has 0 bridgehead atoms. The zero-order valence-corrected chi connectivity index (χ0v) is 11.5. The Bertz CT molecular complexity index is 351. The van der Waals surface area contributed by atoms with E-state index in [0.717, 1.165) is 18.1 Å². The van der Waals surface area contributed by atoms with Crippen LogP contribution in [0.4, 0.5) is 11.8 Å². The Kier molecular flexibility index (Phi) is 4.32. The minimum Gasteiger partial charge on any atom is -0.369 e. The van der Waals surface area contributed by atoms with E-state index < -0.39 is 0 Å². The van der Waals surface area contributed by atoms with Crippen LogP contribution in [0.3, 0.4) is 0 Å². The maximum Gasteiger partial charge on any atom is 0.222 e. The van der Waals surface area contributed by atoms with Crippen molar-refractivity contribution < 1.29 is 0 Å². The largest absolute Gasteiger partial charge is 0.369 e. The first-order valence-corrected chi connectivity index (χ1v) is 6.13. The van der Waals surface area contributed by atoms with Crippen molar-refractivity contribution in [3.63, 3.8) is 0 Å². The maximum absolute atomic E-state index is 5.62. The molecule has 0 aliphatic rings. The summed E-state index contributed by atoms with van der Waals surface area (Å²) in [6.45, 7) is 11.8. The van der Waals surface area contributed by atoms with Crippen LogP contribution in [0.5, 0.6) is 0 Å². The number of hydrogen-bond acceptors (Lipinski definition) is 4. The Morgan fingerprint density at radius 3 is 2.53 bits per heavy atom. The molecule has 1 aromatic rings. The van der Waals surface area contributed by atoms with E-state index in [4.69, 9.17) is 5.73 Å². The molecule has 17 heavy (non-hydrogen) atoms. The molecule has 0 fully saturated rings. The highest BCUT2D eigenvalue weighted by Gasteiger charge is 2.19. The van der Waals surface area contributed by atoms with Gasteiger partial charge in [0.25, 0.3) is 0 Å². The summed E-state index contributed by atoms with van der Waals surface area (Å²) in [5, 5.41) is 3.34. The highest BCUT2D eigenvalue weighted by atomic mass is 15.1. The van der Waals surface area contributed by atoms with Gasteiger partial charge in [-0.05, 0) is 24.7 Å². The van der Waals surface area contributed by atoms with Crippen LogP contribution in [-0.2, 0) is 0 Å². The number of nitrogen functional groups attached to an aromatic ring is 1. The molecular weight excluding hydrogens is 212 g/mol. The summed E-state index contributed by atoms with van der Waals surface area (Å²) in [6, 6.07) is 1.92. The molecule has 1 heterocycles. The van der Waals surface area contributed by atoms with Gasteiger partial charge in [0.15, 0.2) is 0 Å². The first-order chi connectivity index (χ1) is 7.78. The Balaban J connectivity index is 2.60. The van der Waals surface area contributed by atoms with Crippen LogP contribution in [0.2, 0.25) is 0 Å². The number of rotatable bonds is 5. The van der Waals surface area contributed by atoms with Crippen LogP contribution in [0.25, 0.3) is 0 Å². The van der Waals surface area contributed by atoms with Crippen LogP contribution in [-0.4, -0.2) is 16.5 Å². The molecule has 4 heteroatoms. The number of aryl methyl sites for hydroxylation is 1. The van der Waals surface area contributed by atoms with E-state index in [9.17, 15) is 0 Å². The molecule has 0 aliphatic carbocycles. The second-order valence-electron chi connectivity index (χ2n) is 5.87. The highest BCUT2D eigenvalue weighted by molar-refractivity contribution is 5.40. The maximum atomic E-state index is 5.62. The Hall–Kier alpha value is -1.32. The van der Waals surface area contributed by atoms with E-state index in [1.807, 2.05) is 13.0 Å². The Morgan fingerprint density at radius 1 is 1.35 bits per heavy atom. The quantitative estimate of drug-likeness (QED) is 0.825. The van der Waals surface area contributed by atoms with Gasteiger partial charge < -0.3 is 11.1 Å². The fraction of sp³-hybridized carbons (Fsp3) is 0.692. The van der Waals surface area contributed by atoms with Gasteiger partial charge in [0.2, 0.25) is 5.95 Å². The predicted molar refractivity (Wildman–Crippen MR) is 72.9 cm³/mol. The first-order valence-electron chi connectivity index (χ1n) is 6.13. The van der Waals surface area contributed by atoms with E-state index in [1.54, 1.807) is 0 Å². The molecule has 3 N–H and O–H groups in total. The van der Waals surface area contributed by atoms with Crippen molar-refractivity contribution >= 4 is 11.8 Å². The SMILES string of the molecule is Cc1cc(NCC(C)(C)CC(C)C)nc(N)n1. The van der Waals surface area contributed by atoms with Gasteiger partial charge in [0.05, 0.1) is 0 Å². The number of hydrogen-bond donors (Lipinski definition) is 2. The molecule has 1 rings (SSSR count). The molecule has 0 saturated carbocycles. The number of nitrogens with one attached hydrogen (secondary N) is 1. The topological polar surface area (TPSA) is 63.8 Å². The minimum absolute atomic E-state index is 0.252. The fourth-order valence-electron chi connectivity index (χ4n) is 2.19. The number of aromatic nitrogens is 2. The predicted octanol–water partition coefficient (Wildman–Crippen LogP) is 2.85. The third-order valence-corrected chi connectivity index (χ3v) is 2.58. The average Bonchev–Trinajstić information content (AvgIpc) is 2.11. The normalized spacial score (nSPS) is 11.9. The molecule has 0 radical (unpaired) electrons. The van der Waals surface area contributed by atoms with E-state index in [2.05, 4.69) is 43.0 Å². The lowest BCUT2D eigenvalue weighted by Gasteiger charge is -2.27. The Labute approximate surface area is 104 Å². The number of nitrogens with zero attached hydrogens (tertiary/aromatic N) is 2. The molecule has 1 aromatic heterocycles. The molecule has 4 nitrogen and oxygen atoms in total. The van der Waals surface area contributed by atoms with Crippen molar-refractivity contribution in [2.45, 2.75) is 41.0 Å². The van der Waals surface area contributed by atoms with Gasteiger partial charge in [0, 0.05) is 18.3 Å². The zero-order valence-electron chi connectivity index (χ0n) is 11.5. The summed E-state index contributed by atoms with van der Waals surface area (Å²) in [7, 11) is 0. The lowest BCUT2D eigenvalue weighted by molar-refractivity contribution is 0.306. The highest BCUT2D eigenvalue weighted by Crippen LogP contribution is 2.25. The van der Waals surface area contributed by atoms with Crippen LogP contribution in [0, 0.1) is 18.3 Å². The van der Waals surface area contributed by atoms with E-state index in [1.165, 1.54) is 6.42 Å².